The molecular formula is C19H26N2O4. The Labute approximate surface area is 148 Å². The summed E-state index contributed by atoms with van der Waals surface area (Å²) in [5.74, 6) is 1.74. The van der Waals surface area contributed by atoms with Gasteiger partial charge in [0.1, 0.15) is 13.2 Å². The Kier molecular flexibility index (Phi) is 5.08. The van der Waals surface area contributed by atoms with Gasteiger partial charge in [-0.05, 0) is 38.3 Å². The molecule has 2 saturated heterocycles. The van der Waals surface area contributed by atoms with Crippen molar-refractivity contribution in [3.05, 3.63) is 23.8 Å². The van der Waals surface area contributed by atoms with Gasteiger partial charge in [0, 0.05) is 24.8 Å². The largest absolute Gasteiger partial charge is 0.486 e. The molecular weight excluding hydrogens is 320 g/mol. The lowest BCUT2D eigenvalue weighted by atomic mass is 10.0. The van der Waals surface area contributed by atoms with Crippen molar-refractivity contribution in [2.45, 2.75) is 37.8 Å². The molecule has 25 heavy (non-hydrogen) atoms. The highest BCUT2D eigenvalue weighted by Gasteiger charge is 2.31. The van der Waals surface area contributed by atoms with Crippen LogP contribution in [0.15, 0.2) is 18.2 Å². The number of rotatable bonds is 5. The van der Waals surface area contributed by atoms with E-state index in [1.165, 1.54) is 0 Å². The Bertz CT molecular complexity index is 615. The Balaban J connectivity index is 1.39. The van der Waals surface area contributed by atoms with E-state index in [0.717, 1.165) is 55.9 Å². The zero-order valence-electron chi connectivity index (χ0n) is 14.5. The fourth-order valence-electron chi connectivity index (χ4n) is 4.00. The molecule has 0 aliphatic carbocycles. The van der Waals surface area contributed by atoms with Crippen molar-refractivity contribution in [2.75, 3.05) is 39.5 Å². The molecule has 0 aromatic heterocycles. The first-order valence-electron chi connectivity index (χ1n) is 9.32. The van der Waals surface area contributed by atoms with Gasteiger partial charge in [-0.1, -0.05) is 12.1 Å². The molecule has 6 nitrogen and oxygen atoms in total. The number of amides is 1. The number of nitrogens with one attached hydrogen (secondary N) is 1. The predicted octanol–water partition coefficient (Wildman–Crippen LogP) is 1.89. The molecule has 0 spiro atoms. The SMILES string of the molecule is O=C(CN1CCC[C@H]1c1cccc2c1OCCO2)NC[C@H]1CCCO1. The summed E-state index contributed by atoms with van der Waals surface area (Å²) >= 11 is 0. The number of carbonyl (C=O) groups is 1. The van der Waals surface area contributed by atoms with Gasteiger partial charge in [0.2, 0.25) is 5.91 Å². The van der Waals surface area contributed by atoms with Gasteiger partial charge in [-0.3, -0.25) is 9.69 Å². The number of hydrogen-bond donors (Lipinski definition) is 1. The van der Waals surface area contributed by atoms with E-state index in [9.17, 15) is 4.79 Å². The van der Waals surface area contributed by atoms with E-state index in [-0.39, 0.29) is 18.1 Å². The van der Waals surface area contributed by atoms with Crippen molar-refractivity contribution in [1.82, 2.24) is 10.2 Å². The Morgan fingerprint density at radius 2 is 2.08 bits per heavy atom. The summed E-state index contributed by atoms with van der Waals surface area (Å²) < 4.78 is 17.1. The molecule has 2 atom stereocenters. The standard InChI is InChI=1S/C19H26N2O4/c22-18(20-12-14-4-3-9-23-14)13-21-8-2-6-16(21)15-5-1-7-17-19(15)25-11-10-24-17/h1,5,7,14,16H,2-4,6,8-13H2,(H,20,22)/t14-,16+/m1/s1. The van der Waals surface area contributed by atoms with Crippen molar-refractivity contribution in [1.29, 1.82) is 0 Å². The molecule has 4 rings (SSSR count). The van der Waals surface area contributed by atoms with Crippen LogP contribution in [0.2, 0.25) is 0 Å². The van der Waals surface area contributed by atoms with Crippen molar-refractivity contribution in [3.63, 3.8) is 0 Å². The molecule has 1 aromatic carbocycles. The van der Waals surface area contributed by atoms with E-state index < -0.39 is 0 Å². The number of ether oxygens (including phenoxy) is 3. The van der Waals surface area contributed by atoms with E-state index in [2.05, 4.69) is 16.3 Å². The minimum absolute atomic E-state index is 0.0735. The van der Waals surface area contributed by atoms with Crippen molar-refractivity contribution < 1.29 is 19.0 Å². The topological polar surface area (TPSA) is 60.0 Å². The van der Waals surface area contributed by atoms with Crippen LogP contribution < -0.4 is 14.8 Å². The second-order valence-electron chi connectivity index (χ2n) is 6.94. The highest BCUT2D eigenvalue weighted by Crippen LogP contribution is 2.42. The van der Waals surface area contributed by atoms with E-state index in [0.29, 0.717) is 26.3 Å². The summed E-state index contributed by atoms with van der Waals surface area (Å²) in [4.78, 5) is 14.6. The third kappa shape index (κ3) is 3.75. The van der Waals surface area contributed by atoms with Gasteiger partial charge < -0.3 is 19.5 Å². The molecule has 1 N–H and O–H groups in total. The summed E-state index contributed by atoms with van der Waals surface area (Å²) in [6.07, 6.45) is 4.45. The van der Waals surface area contributed by atoms with Crippen LogP contribution in [-0.2, 0) is 9.53 Å². The summed E-state index contributed by atoms with van der Waals surface area (Å²) in [6.45, 7) is 3.96. The van der Waals surface area contributed by atoms with Crippen LogP contribution in [0.5, 0.6) is 11.5 Å². The quantitative estimate of drug-likeness (QED) is 0.882. The van der Waals surface area contributed by atoms with Gasteiger partial charge in [-0.15, -0.1) is 0 Å². The third-order valence-corrected chi connectivity index (χ3v) is 5.22. The maximum Gasteiger partial charge on any atom is 0.234 e. The van der Waals surface area contributed by atoms with E-state index in [1.807, 2.05) is 12.1 Å². The summed E-state index contributed by atoms with van der Waals surface area (Å²) in [6, 6.07) is 6.27. The second-order valence-corrected chi connectivity index (χ2v) is 6.94. The van der Waals surface area contributed by atoms with Gasteiger partial charge >= 0.3 is 0 Å². The highest BCUT2D eigenvalue weighted by molar-refractivity contribution is 5.78. The molecule has 6 heteroatoms. The van der Waals surface area contributed by atoms with Crippen molar-refractivity contribution in [3.8, 4) is 11.5 Å². The minimum atomic E-state index is 0.0735. The number of nitrogens with zero attached hydrogens (tertiary/aromatic N) is 1. The first-order chi connectivity index (χ1) is 12.3. The van der Waals surface area contributed by atoms with Crippen LogP contribution in [0.4, 0.5) is 0 Å². The number of para-hydroxylation sites is 1. The maximum absolute atomic E-state index is 12.4. The van der Waals surface area contributed by atoms with Gasteiger partial charge in [-0.25, -0.2) is 0 Å². The second kappa shape index (κ2) is 7.62. The van der Waals surface area contributed by atoms with Crippen LogP contribution >= 0.6 is 0 Å². The number of benzene rings is 1. The molecule has 0 saturated carbocycles. The maximum atomic E-state index is 12.4. The molecule has 3 aliphatic heterocycles. The molecule has 3 heterocycles. The van der Waals surface area contributed by atoms with Crippen LogP contribution in [0.1, 0.15) is 37.3 Å². The number of fused-ring (bicyclic) bond motifs is 1. The fourth-order valence-corrected chi connectivity index (χ4v) is 4.00. The van der Waals surface area contributed by atoms with Gasteiger partial charge in [-0.2, -0.15) is 0 Å². The molecule has 2 fully saturated rings. The summed E-state index contributed by atoms with van der Waals surface area (Å²) in [7, 11) is 0. The molecule has 0 unspecified atom stereocenters. The van der Waals surface area contributed by atoms with E-state index in [1.54, 1.807) is 0 Å². The van der Waals surface area contributed by atoms with E-state index >= 15 is 0 Å². The number of hydrogen-bond acceptors (Lipinski definition) is 5. The highest BCUT2D eigenvalue weighted by atomic mass is 16.6. The van der Waals surface area contributed by atoms with Crippen molar-refractivity contribution in [2.24, 2.45) is 0 Å². The summed E-state index contributed by atoms with van der Waals surface area (Å²) in [5, 5.41) is 3.02. The van der Waals surface area contributed by atoms with Gasteiger partial charge in [0.25, 0.3) is 0 Å². The van der Waals surface area contributed by atoms with Crippen LogP contribution in [0.25, 0.3) is 0 Å². The fraction of sp³-hybridized carbons (Fsp3) is 0.632. The smallest absolute Gasteiger partial charge is 0.234 e. The Hall–Kier alpha value is -1.79. The van der Waals surface area contributed by atoms with Crippen LogP contribution in [-0.4, -0.2) is 56.4 Å². The van der Waals surface area contributed by atoms with E-state index in [4.69, 9.17) is 14.2 Å². The third-order valence-electron chi connectivity index (χ3n) is 5.22. The molecule has 136 valence electrons. The first-order valence-corrected chi connectivity index (χ1v) is 9.32. The van der Waals surface area contributed by atoms with Crippen LogP contribution in [0.3, 0.4) is 0 Å². The average Bonchev–Trinajstić information content (AvgIpc) is 3.31. The Morgan fingerprint density at radius 3 is 2.96 bits per heavy atom. The van der Waals surface area contributed by atoms with Crippen LogP contribution in [0, 0.1) is 0 Å². The van der Waals surface area contributed by atoms with Gasteiger partial charge in [0.15, 0.2) is 11.5 Å². The Morgan fingerprint density at radius 1 is 1.16 bits per heavy atom. The summed E-state index contributed by atoms with van der Waals surface area (Å²) in [5.41, 5.74) is 1.14. The predicted molar refractivity (Wildman–Crippen MR) is 93.0 cm³/mol. The molecule has 1 aromatic rings. The number of carbonyl (C=O) groups excluding carboxylic acids is 1. The lowest BCUT2D eigenvalue weighted by molar-refractivity contribution is -0.123. The lowest BCUT2D eigenvalue weighted by Crippen LogP contribution is -2.40. The van der Waals surface area contributed by atoms with Gasteiger partial charge in [0.05, 0.1) is 12.6 Å². The minimum Gasteiger partial charge on any atom is -0.486 e. The molecule has 0 bridgehead atoms. The number of likely N-dealkylation sites (tertiary alicyclic amines) is 1. The monoisotopic (exact) mass is 346 g/mol. The average molecular weight is 346 g/mol. The molecule has 0 radical (unpaired) electrons. The lowest BCUT2D eigenvalue weighted by Gasteiger charge is -2.28. The normalized spacial score (nSPS) is 25.9. The molecule has 1 amide bonds. The van der Waals surface area contributed by atoms with Crippen molar-refractivity contribution >= 4 is 5.91 Å². The molecule has 3 aliphatic rings. The zero-order valence-corrected chi connectivity index (χ0v) is 14.5. The zero-order chi connectivity index (χ0) is 17.1. The first kappa shape index (κ1) is 16.7.